The van der Waals surface area contributed by atoms with Crippen molar-refractivity contribution >= 4 is 0 Å². The normalized spacial score (nSPS) is 24.1. The van der Waals surface area contributed by atoms with Crippen LogP contribution in [0, 0.1) is 5.41 Å². The lowest BCUT2D eigenvalue weighted by atomic mass is 9.81. The fourth-order valence-corrected chi connectivity index (χ4v) is 2.54. The molecule has 1 aromatic heterocycles. The summed E-state index contributed by atoms with van der Waals surface area (Å²) in [5.74, 6) is 0. The highest BCUT2D eigenvalue weighted by Gasteiger charge is 2.34. The molecule has 1 N–H and O–H groups in total. The molecular formula is C14H22N2O2. The Morgan fingerprint density at radius 2 is 2.17 bits per heavy atom. The Morgan fingerprint density at radius 1 is 1.39 bits per heavy atom. The first-order valence-electron chi connectivity index (χ1n) is 6.55. The highest BCUT2D eigenvalue weighted by molar-refractivity contribution is 4.93. The molecular weight excluding hydrogens is 228 g/mol. The highest BCUT2D eigenvalue weighted by Crippen LogP contribution is 2.28. The molecule has 1 fully saturated rings. The van der Waals surface area contributed by atoms with Crippen LogP contribution in [0.25, 0.3) is 0 Å². The third-order valence-electron chi connectivity index (χ3n) is 3.81. The van der Waals surface area contributed by atoms with Gasteiger partial charge in [0.15, 0.2) is 0 Å². The number of pyridine rings is 1. The summed E-state index contributed by atoms with van der Waals surface area (Å²) in [7, 11) is 0. The van der Waals surface area contributed by atoms with E-state index in [1.807, 2.05) is 12.3 Å². The maximum atomic E-state index is 11.6. The molecule has 0 bridgehead atoms. The Labute approximate surface area is 108 Å². The van der Waals surface area contributed by atoms with Gasteiger partial charge in [0.1, 0.15) is 0 Å². The summed E-state index contributed by atoms with van der Waals surface area (Å²) in [4.78, 5) is 13.9. The predicted molar refractivity (Wildman–Crippen MR) is 71.5 cm³/mol. The van der Waals surface area contributed by atoms with Crippen LogP contribution in [0.5, 0.6) is 0 Å². The van der Waals surface area contributed by atoms with Crippen LogP contribution in [0.1, 0.15) is 20.3 Å². The van der Waals surface area contributed by atoms with Gasteiger partial charge < -0.3 is 14.6 Å². The van der Waals surface area contributed by atoms with Crippen molar-refractivity contribution in [2.45, 2.75) is 32.9 Å². The zero-order chi connectivity index (χ0) is 13.2. The first-order valence-corrected chi connectivity index (χ1v) is 6.55. The molecule has 1 saturated heterocycles. The van der Waals surface area contributed by atoms with Crippen LogP contribution in [-0.2, 0) is 6.54 Å². The van der Waals surface area contributed by atoms with Gasteiger partial charge in [0.05, 0.1) is 6.10 Å². The fourth-order valence-electron chi connectivity index (χ4n) is 2.54. The van der Waals surface area contributed by atoms with Gasteiger partial charge in [0, 0.05) is 43.9 Å². The Balaban J connectivity index is 1.92. The second-order valence-corrected chi connectivity index (χ2v) is 5.80. The van der Waals surface area contributed by atoms with E-state index >= 15 is 0 Å². The largest absolute Gasteiger partial charge is 0.392 e. The molecule has 4 heteroatoms. The lowest BCUT2D eigenvalue weighted by Gasteiger charge is -2.41. The topological polar surface area (TPSA) is 45.5 Å². The number of aromatic nitrogens is 1. The minimum atomic E-state index is -0.215. The zero-order valence-electron chi connectivity index (χ0n) is 11.2. The van der Waals surface area contributed by atoms with Gasteiger partial charge in [-0.05, 0) is 12.5 Å². The molecule has 0 saturated carbocycles. The zero-order valence-corrected chi connectivity index (χ0v) is 11.2. The van der Waals surface area contributed by atoms with Crippen LogP contribution in [0.15, 0.2) is 29.2 Å². The monoisotopic (exact) mass is 250 g/mol. The van der Waals surface area contributed by atoms with Gasteiger partial charge in [-0.1, -0.05) is 19.9 Å². The van der Waals surface area contributed by atoms with E-state index in [0.29, 0.717) is 6.54 Å². The first kappa shape index (κ1) is 13.3. The van der Waals surface area contributed by atoms with E-state index in [4.69, 9.17) is 0 Å². The van der Waals surface area contributed by atoms with Crippen molar-refractivity contribution in [2.24, 2.45) is 5.41 Å². The third kappa shape index (κ3) is 3.00. The lowest BCUT2D eigenvalue weighted by Crippen LogP contribution is -2.49. The van der Waals surface area contributed by atoms with Crippen molar-refractivity contribution in [1.82, 2.24) is 9.47 Å². The van der Waals surface area contributed by atoms with Crippen molar-refractivity contribution in [1.29, 1.82) is 0 Å². The SMILES string of the molecule is CC1(C)CN(CCn2ccccc2=O)CCC1O. The molecule has 1 aromatic rings. The van der Waals surface area contributed by atoms with Crippen LogP contribution in [-0.4, -0.2) is 40.3 Å². The quantitative estimate of drug-likeness (QED) is 0.868. The Morgan fingerprint density at radius 3 is 2.83 bits per heavy atom. The molecule has 0 amide bonds. The summed E-state index contributed by atoms with van der Waals surface area (Å²) >= 11 is 0. The van der Waals surface area contributed by atoms with E-state index in [0.717, 1.165) is 26.1 Å². The Hall–Kier alpha value is -1.13. The van der Waals surface area contributed by atoms with Crippen molar-refractivity contribution < 1.29 is 5.11 Å². The van der Waals surface area contributed by atoms with Crippen LogP contribution >= 0.6 is 0 Å². The van der Waals surface area contributed by atoms with Gasteiger partial charge in [-0.15, -0.1) is 0 Å². The van der Waals surface area contributed by atoms with Crippen molar-refractivity contribution in [3.63, 3.8) is 0 Å². The van der Waals surface area contributed by atoms with Gasteiger partial charge in [0.25, 0.3) is 5.56 Å². The molecule has 2 heterocycles. The van der Waals surface area contributed by atoms with Crippen molar-refractivity contribution in [2.75, 3.05) is 19.6 Å². The van der Waals surface area contributed by atoms with Gasteiger partial charge in [-0.2, -0.15) is 0 Å². The van der Waals surface area contributed by atoms with Crippen LogP contribution < -0.4 is 5.56 Å². The average Bonchev–Trinajstić information content (AvgIpc) is 2.32. The van der Waals surface area contributed by atoms with Gasteiger partial charge in [-0.25, -0.2) is 0 Å². The van der Waals surface area contributed by atoms with E-state index in [1.165, 1.54) is 0 Å². The first-order chi connectivity index (χ1) is 8.49. The van der Waals surface area contributed by atoms with E-state index in [1.54, 1.807) is 16.7 Å². The summed E-state index contributed by atoms with van der Waals surface area (Å²) in [6, 6.07) is 5.23. The summed E-state index contributed by atoms with van der Waals surface area (Å²) < 4.78 is 1.73. The van der Waals surface area contributed by atoms with Gasteiger partial charge >= 0.3 is 0 Å². The molecule has 100 valence electrons. The molecule has 0 radical (unpaired) electrons. The summed E-state index contributed by atoms with van der Waals surface area (Å²) in [5.41, 5.74) is -0.00584. The standard InChI is InChI=1S/C14H22N2O2/c1-14(2)11-15(8-6-12(14)17)9-10-16-7-4-3-5-13(16)18/h3-5,7,12,17H,6,8-11H2,1-2H3. The van der Waals surface area contributed by atoms with Gasteiger partial charge in [0.2, 0.25) is 0 Å². The molecule has 4 nitrogen and oxygen atoms in total. The summed E-state index contributed by atoms with van der Waals surface area (Å²) in [6.07, 6.45) is 2.43. The Kier molecular flexibility index (Phi) is 3.88. The van der Waals surface area contributed by atoms with E-state index in [-0.39, 0.29) is 17.1 Å². The molecule has 0 spiro atoms. The number of aliphatic hydroxyl groups is 1. The maximum Gasteiger partial charge on any atom is 0.250 e. The number of hydrogen-bond donors (Lipinski definition) is 1. The molecule has 18 heavy (non-hydrogen) atoms. The van der Waals surface area contributed by atoms with Gasteiger partial charge in [-0.3, -0.25) is 4.79 Å². The van der Waals surface area contributed by atoms with Crippen molar-refractivity contribution in [3.8, 4) is 0 Å². The minimum Gasteiger partial charge on any atom is -0.392 e. The Bertz CT molecular complexity index is 453. The average molecular weight is 250 g/mol. The van der Waals surface area contributed by atoms with Crippen LogP contribution in [0.4, 0.5) is 0 Å². The smallest absolute Gasteiger partial charge is 0.250 e. The summed E-state index contributed by atoms with van der Waals surface area (Å²) in [6.45, 7) is 7.56. The second-order valence-electron chi connectivity index (χ2n) is 5.80. The number of hydrogen-bond acceptors (Lipinski definition) is 3. The van der Waals surface area contributed by atoms with E-state index in [9.17, 15) is 9.90 Å². The molecule has 2 rings (SSSR count). The molecule has 0 aliphatic carbocycles. The number of aliphatic hydroxyl groups excluding tert-OH is 1. The molecule has 1 atom stereocenters. The minimum absolute atomic E-state index is 0.0498. The predicted octanol–water partition coefficient (Wildman–Crippen LogP) is 0.941. The lowest BCUT2D eigenvalue weighted by molar-refractivity contribution is -0.0252. The maximum absolute atomic E-state index is 11.6. The molecule has 1 unspecified atom stereocenters. The van der Waals surface area contributed by atoms with Crippen molar-refractivity contribution in [3.05, 3.63) is 34.7 Å². The highest BCUT2D eigenvalue weighted by atomic mass is 16.3. The van der Waals surface area contributed by atoms with Crippen LogP contribution in [0.3, 0.4) is 0 Å². The number of piperidine rings is 1. The molecule has 0 aromatic carbocycles. The number of rotatable bonds is 3. The van der Waals surface area contributed by atoms with E-state index < -0.39 is 0 Å². The molecule has 1 aliphatic rings. The van der Waals surface area contributed by atoms with E-state index in [2.05, 4.69) is 18.7 Å². The number of nitrogens with zero attached hydrogens (tertiary/aromatic N) is 2. The fraction of sp³-hybridized carbons (Fsp3) is 0.643. The third-order valence-corrected chi connectivity index (χ3v) is 3.81. The molecule has 1 aliphatic heterocycles. The second kappa shape index (κ2) is 5.24. The van der Waals surface area contributed by atoms with Crippen LogP contribution in [0.2, 0.25) is 0 Å². The number of likely N-dealkylation sites (tertiary alicyclic amines) is 1. The summed E-state index contributed by atoms with van der Waals surface area (Å²) in [5, 5.41) is 9.90.